The Kier molecular flexibility index (Phi) is 8.35. The number of hydrogen-bond donors (Lipinski definition) is 2. The first-order valence-electron chi connectivity index (χ1n) is 12.9. The Hall–Kier alpha value is -4.41. The minimum absolute atomic E-state index is 0.127. The molecule has 0 aliphatic carbocycles. The number of carbonyl (C=O) groups is 1. The first kappa shape index (κ1) is 26.2. The highest BCUT2D eigenvalue weighted by molar-refractivity contribution is 6.04. The second-order valence-electron chi connectivity index (χ2n) is 9.28. The third kappa shape index (κ3) is 6.54. The predicted octanol–water partition coefficient (Wildman–Crippen LogP) is 3.83. The Bertz CT molecular complexity index is 1460. The Morgan fingerprint density at radius 2 is 2.10 bits per heavy atom. The molecule has 2 aliphatic heterocycles. The summed E-state index contributed by atoms with van der Waals surface area (Å²) in [6, 6.07) is 13.1. The number of morpholine rings is 1. The number of anilines is 3. The van der Waals surface area contributed by atoms with Gasteiger partial charge in [-0.25, -0.2) is 0 Å². The largest absolute Gasteiger partial charge is 0.486 e. The van der Waals surface area contributed by atoms with Crippen LogP contribution in [0.15, 0.2) is 54.7 Å². The van der Waals surface area contributed by atoms with E-state index in [1.807, 2.05) is 30.3 Å². The van der Waals surface area contributed by atoms with Gasteiger partial charge < -0.3 is 24.8 Å². The van der Waals surface area contributed by atoms with Gasteiger partial charge in [0.2, 0.25) is 5.91 Å². The Balaban J connectivity index is 1.47. The second-order valence-corrected chi connectivity index (χ2v) is 9.28. The minimum Gasteiger partial charge on any atom is -0.486 e. The van der Waals surface area contributed by atoms with Crippen molar-refractivity contribution in [3.63, 3.8) is 0 Å². The monoisotopic (exact) mass is 523 g/mol. The zero-order valence-corrected chi connectivity index (χ0v) is 21.5. The zero-order valence-electron chi connectivity index (χ0n) is 21.5. The van der Waals surface area contributed by atoms with Crippen LogP contribution in [0, 0.1) is 23.7 Å². The van der Waals surface area contributed by atoms with Gasteiger partial charge in [0, 0.05) is 61.0 Å². The van der Waals surface area contributed by atoms with Crippen LogP contribution in [0.2, 0.25) is 0 Å². The number of nitrogens with zero attached hydrogens (tertiary/aromatic N) is 3. The molecule has 5 rings (SSSR count). The van der Waals surface area contributed by atoms with Crippen LogP contribution in [0.25, 0.3) is 10.9 Å². The van der Waals surface area contributed by atoms with Gasteiger partial charge in [0.1, 0.15) is 17.9 Å². The average Bonchev–Trinajstić information content (AvgIpc) is 3.47. The molecule has 2 fully saturated rings. The summed E-state index contributed by atoms with van der Waals surface area (Å²) in [6.07, 6.45) is 11.1. The number of nitriles is 1. The molecule has 9 heteroatoms. The fourth-order valence-corrected chi connectivity index (χ4v) is 4.52. The number of terminal acetylenes is 1. The number of ether oxygens (including phenoxy) is 3. The number of fused-ring (bicyclic) bond motifs is 1. The lowest BCUT2D eigenvalue weighted by Gasteiger charge is -2.25. The quantitative estimate of drug-likeness (QED) is 0.339. The van der Waals surface area contributed by atoms with Gasteiger partial charge in [-0.1, -0.05) is 18.1 Å². The van der Waals surface area contributed by atoms with E-state index in [4.69, 9.17) is 20.6 Å². The number of aromatic nitrogens is 1. The molecule has 0 saturated carbocycles. The maximum atomic E-state index is 12.9. The van der Waals surface area contributed by atoms with Gasteiger partial charge in [-0.2, -0.15) is 5.26 Å². The summed E-state index contributed by atoms with van der Waals surface area (Å²) in [7, 11) is 0. The number of carbonyl (C=O) groups excluding carboxylic acids is 1. The van der Waals surface area contributed by atoms with E-state index in [1.165, 1.54) is 12.3 Å². The lowest BCUT2D eigenvalue weighted by atomic mass is 10.1. The highest BCUT2D eigenvalue weighted by Crippen LogP contribution is 2.37. The molecule has 3 heterocycles. The van der Waals surface area contributed by atoms with E-state index in [1.54, 1.807) is 12.1 Å². The molecule has 3 aromatic rings. The fourth-order valence-electron chi connectivity index (χ4n) is 4.52. The Morgan fingerprint density at radius 3 is 2.87 bits per heavy atom. The van der Waals surface area contributed by atoms with Crippen molar-refractivity contribution in [3.05, 3.63) is 65.9 Å². The molecule has 1 amide bonds. The predicted molar refractivity (Wildman–Crippen MR) is 149 cm³/mol. The number of pyridine rings is 1. The lowest BCUT2D eigenvalue weighted by molar-refractivity contribution is -0.111. The topological polar surface area (TPSA) is 109 Å². The third-order valence-electron chi connectivity index (χ3n) is 6.56. The minimum atomic E-state index is -0.282. The van der Waals surface area contributed by atoms with Crippen molar-refractivity contribution in [2.45, 2.75) is 12.5 Å². The molecule has 9 nitrogen and oxygen atoms in total. The Labute approximate surface area is 227 Å². The molecule has 0 bridgehead atoms. The molecular weight excluding hydrogens is 494 g/mol. The van der Waals surface area contributed by atoms with Crippen LogP contribution in [-0.2, 0) is 14.3 Å². The van der Waals surface area contributed by atoms with Crippen molar-refractivity contribution >= 4 is 33.9 Å². The zero-order chi connectivity index (χ0) is 27.0. The maximum Gasteiger partial charge on any atom is 0.248 e. The molecule has 39 heavy (non-hydrogen) atoms. The second kappa shape index (κ2) is 12.4. The molecule has 2 aliphatic rings. The van der Waals surface area contributed by atoms with Crippen molar-refractivity contribution in [1.29, 1.82) is 5.26 Å². The van der Waals surface area contributed by atoms with Gasteiger partial charge in [-0.3, -0.25) is 14.7 Å². The Morgan fingerprint density at radius 1 is 1.23 bits per heavy atom. The third-order valence-corrected chi connectivity index (χ3v) is 6.56. The first-order chi connectivity index (χ1) is 19.1. The van der Waals surface area contributed by atoms with E-state index >= 15 is 0 Å². The van der Waals surface area contributed by atoms with Crippen LogP contribution in [0.5, 0.6) is 5.75 Å². The molecule has 1 atom stereocenters. The normalized spacial score (nSPS) is 17.5. The number of nitrogens with one attached hydrogen (secondary N) is 2. The van der Waals surface area contributed by atoms with E-state index < -0.39 is 0 Å². The van der Waals surface area contributed by atoms with Crippen molar-refractivity contribution in [1.82, 2.24) is 9.88 Å². The van der Waals surface area contributed by atoms with Crippen molar-refractivity contribution < 1.29 is 19.0 Å². The summed E-state index contributed by atoms with van der Waals surface area (Å²) in [5, 5.41) is 16.8. The highest BCUT2D eigenvalue weighted by atomic mass is 16.5. The van der Waals surface area contributed by atoms with E-state index in [9.17, 15) is 10.1 Å². The van der Waals surface area contributed by atoms with Gasteiger partial charge in [0.15, 0.2) is 0 Å². The van der Waals surface area contributed by atoms with Gasteiger partial charge in [-0.05, 0) is 24.3 Å². The molecule has 0 spiro atoms. The first-order valence-corrected chi connectivity index (χ1v) is 12.9. The summed E-state index contributed by atoms with van der Waals surface area (Å²) in [4.78, 5) is 19.6. The molecular formula is C30H29N5O4. The maximum absolute atomic E-state index is 12.9. The van der Waals surface area contributed by atoms with Crippen LogP contribution >= 0.6 is 0 Å². The summed E-state index contributed by atoms with van der Waals surface area (Å²) in [5.41, 5.74) is 3.45. The van der Waals surface area contributed by atoms with Crippen LogP contribution in [0.4, 0.5) is 17.1 Å². The molecule has 2 saturated heterocycles. The van der Waals surface area contributed by atoms with Gasteiger partial charge in [-0.15, -0.1) is 6.42 Å². The van der Waals surface area contributed by atoms with E-state index in [2.05, 4.69) is 32.5 Å². The SMILES string of the molecule is C#Cc1cccc(Nc2c(C#N)cnc3cc(OC4CCOC4)c(NC(=O)/C=C/CN4CCOCC4)cc23)c1. The number of amides is 1. The van der Waals surface area contributed by atoms with Crippen molar-refractivity contribution in [2.75, 3.05) is 56.7 Å². The molecule has 198 valence electrons. The van der Waals surface area contributed by atoms with Gasteiger partial charge in [0.05, 0.1) is 48.9 Å². The standard InChI is InChI=1S/C30H29N5O4/c1-2-21-5-3-6-23(15-21)33-30-22(18-31)19-32-26-17-28(39-24-8-12-38-20-24)27(16-25(26)30)34-29(36)7-4-9-35-10-13-37-14-11-35/h1,3-7,15-17,19,24H,8-14,20H2,(H,32,33)(H,34,36)/b7-4+. The van der Waals surface area contributed by atoms with Crippen molar-refractivity contribution in [2.24, 2.45) is 0 Å². The van der Waals surface area contributed by atoms with E-state index in [0.717, 1.165) is 25.2 Å². The van der Waals surface area contributed by atoms with Crippen LogP contribution < -0.4 is 15.4 Å². The number of hydrogen-bond acceptors (Lipinski definition) is 8. The molecule has 0 radical (unpaired) electrons. The smallest absolute Gasteiger partial charge is 0.248 e. The van der Waals surface area contributed by atoms with Crippen LogP contribution in [0.1, 0.15) is 17.5 Å². The highest BCUT2D eigenvalue weighted by Gasteiger charge is 2.21. The molecule has 2 aromatic carbocycles. The summed E-state index contributed by atoms with van der Waals surface area (Å²) in [6.45, 7) is 4.84. The number of benzene rings is 2. The number of rotatable bonds is 8. The molecule has 1 aromatic heterocycles. The van der Waals surface area contributed by atoms with E-state index in [0.29, 0.717) is 72.1 Å². The summed E-state index contributed by atoms with van der Waals surface area (Å²) < 4.78 is 17.1. The van der Waals surface area contributed by atoms with Crippen molar-refractivity contribution in [3.8, 4) is 24.2 Å². The average molecular weight is 524 g/mol. The molecule has 2 N–H and O–H groups in total. The van der Waals surface area contributed by atoms with Gasteiger partial charge >= 0.3 is 0 Å². The van der Waals surface area contributed by atoms with Crippen LogP contribution in [0.3, 0.4) is 0 Å². The summed E-state index contributed by atoms with van der Waals surface area (Å²) in [5.74, 6) is 2.83. The molecule has 1 unspecified atom stereocenters. The lowest BCUT2D eigenvalue weighted by Crippen LogP contribution is -2.36. The fraction of sp³-hybridized carbons (Fsp3) is 0.300. The summed E-state index contributed by atoms with van der Waals surface area (Å²) >= 11 is 0. The van der Waals surface area contributed by atoms with E-state index in [-0.39, 0.29) is 12.0 Å². The van der Waals surface area contributed by atoms with Crippen LogP contribution in [-0.4, -0.2) is 68.0 Å². The van der Waals surface area contributed by atoms with Gasteiger partial charge in [0.25, 0.3) is 0 Å².